The molecule has 0 bridgehead atoms. The summed E-state index contributed by atoms with van der Waals surface area (Å²) in [5, 5.41) is 2.88. The molecule has 0 spiro atoms. The Morgan fingerprint density at radius 3 is 1.86 bits per heavy atom. The Labute approximate surface area is 164 Å². The predicted molar refractivity (Wildman–Crippen MR) is 104 cm³/mol. The highest BCUT2D eigenvalue weighted by Crippen LogP contribution is 2.30. The van der Waals surface area contributed by atoms with Gasteiger partial charge in [0.25, 0.3) is 0 Å². The summed E-state index contributed by atoms with van der Waals surface area (Å²) in [5.74, 6) is -1.49. The molecule has 0 fully saturated rings. The number of ether oxygens (including phenoxy) is 2. The number of carbonyl (C=O) groups is 1. The fourth-order valence-electron chi connectivity index (χ4n) is 2.81. The highest BCUT2D eigenvalue weighted by atomic mass is 19.1. The Hall–Kier alpha value is -2.31. The Kier molecular flexibility index (Phi) is 7.66. The summed E-state index contributed by atoms with van der Waals surface area (Å²) in [4.78, 5) is 12.2. The molecule has 28 heavy (non-hydrogen) atoms. The molecule has 0 aromatic heterocycles. The van der Waals surface area contributed by atoms with Gasteiger partial charge in [0.2, 0.25) is 0 Å². The number of rotatable bonds is 8. The summed E-state index contributed by atoms with van der Waals surface area (Å²) in [5.41, 5.74) is 1.25. The molecule has 2 aromatic carbocycles. The van der Waals surface area contributed by atoms with Crippen molar-refractivity contribution in [2.75, 3.05) is 13.3 Å². The molecular weight excluding hydrogens is 364 g/mol. The lowest BCUT2D eigenvalue weighted by Crippen LogP contribution is -2.34. The number of halogens is 2. The summed E-state index contributed by atoms with van der Waals surface area (Å²) in [6, 6.07) is 12.0. The standard InChI is InChI=1S/C22H27F2NO3/c1-15(28-20(26)13-25-14-27-22(2,3)4)21(16-5-9-18(23)10-6-16)17-7-11-19(24)12-8-17/h5-12,15,21,25H,13-14H2,1-4H3/t15-/m0/s1. The zero-order chi connectivity index (χ0) is 20.7. The molecule has 0 aliphatic heterocycles. The summed E-state index contributed by atoms with van der Waals surface area (Å²) >= 11 is 0. The molecule has 2 rings (SSSR count). The lowest BCUT2D eigenvalue weighted by molar-refractivity contribution is -0.148. The van der Waals surface area contributed by atoms with E-state index >= 15 is 0 Å². The van der Waals surface area contributed by atoms with Crippen LogP contribution in [0.3, 0.4) is 0 Å². The molecule has 0 heterocycles. The van der Waals surface area contributed by atoms with Crippen LogP contribution in [-0.2, 0) is 14.3 Å². The van der Waals surface area contributed by atoms with E-state index < -0.39 is 12.1 Å². The first kappa shape index (κ1) is 22.0. The zero-order valence-corrected chi connectivity index (χ0v) is 16.7. The Bertz CT molecular complexity index is 709. The summed E-state index contributed by atoms with van der Waals surface area (Å²) in [6.45, 7) is 7.76. The summed E-state index contributed by atoms with van der Waals surface area (Å²) in [6.07, 6.45) is -0.534. The number of esters is 1. The number of hydrogen-bond acceptors (Lipinski definition) is 4. The number of carbonyl (C=O) groups excluding carboxylic acids is 1. The highest BCUT2D eigenvalue weighted by Gasteiger charge is 2.25. The van der Waals surface area contributed by atoms with Crippen molar-refractivity contribution in [2.24, 2.45) is 0 Å². The average molecular weight is 391 g/mol. The Morgan fingerprint density at radius 1 is 0.964 bits per heavy atom. The minimum atomic E-state index is -0.534. The minimum absolute atomic E-state index is 0.0000241. The molecule has 4 nitrogen and oxygen atoms in total. The van der Waals surface area contributed by atoms with E-state index in [1.54, 1.807) is 31.2 Å². The van der Waals surface area contributed by atoms with Gasteiger partial charge in [0.1, 0.15) is 17.7 Å². The number of nitrogens with one attached hydrogen (secondary N) is 1. The Morgan fingerprint density at radius 2 is 1.43 bits per heavy atom. The lowest BCUT2D eigenvalue weighted by atomic mass is 9.87. The molecule has 0 saturated carbocycles. The largest absolute Gasteiger partial charge is 0.461 e. The second kappa shape index (κ2) is 9.75. The first-order chi connectivity index (χ1) is 13.2. The molecule has 1 atom stereocenters. The summed E-state index contributed by atoms with van der Waals surface area (Å²) in [7, 11) is 0. The van der Waals surface area contributed by atoms with Crippen molar-refractivity contribution >= 4 is 5.97 Å². The van der Waals surface area contributed by atoms with Gasteiger partial charge in [0.15, 0.2) is 0 Å². The van der Waals surface area contributed by atoms with E-state index in [2.05, 4.69) is 5.32 Å². The van der Waals surface area contributed by atoms with E-state index in [9.17, 15) is 13.6 Å². The second-order valence-corrected chi connectivity index (χ2v) is 7.60. The average Bonchev–Trinajstić information content (AvgIpc) is 2.61. The molecule has 1 N–H and O–H groups in total. The van der Waals surface area contributed by atoms with Gasteiger partial charge in [0, 0.05) is 5.92 Å². The van der Waals surface area contributed by atoms with Crippen molar-refractivity contribution in [3.8, 4) is 0 Å². The quantitative estimate of drug-likeness (QED) is 0.412. The monoisotopic (exact) mass is 391 g/mol. The molecule has 0 aliphatic carbocycles. The van der Waals surface area contributed by atoms with Crippen LogP contribution in [-0.4, -0.2) is 30.9 Å². The lowest BCUT2D eigenvalue weighted by Gasteiger charge is -2.25. The van der Waals surface area contributed by atoms with E-state index in [1.807, 2.05) is 20.8 Å². The minimum Gasteiger partial charge on any atom is -0.461 e. The van der Waals surface area contributed by atoms with Crippen LogP contribution in [0.5, 0.6) is 0 Å². The first-order valence-electron chi connectivity index (χ1n) is 9.21. The maximum Gasteiger partial charge on any atom is 0.320 e. The maximum atomic E-state index is 13.3. The Balaban J connectivity index is 2.06. The molecular formula is C22H27F2NO3. The van der Waals surface area contributed by atoms with Crippen molar-refractivity contribution in [3.05, 3.63) is 71.3 Å². The van der Waals surface area contributed by atoms with Crippen LogP contribution < -0.4 is 5.32 Å². The van der Waals surface area contributed by atoms with E-state index in [0.717, 1.165) is 11.1 Å². The highest BCUT2D eigenvalue weighted by molar-refractivity contribution is 5.72. The van der Waals surface area contributed by atoms with Crippen LogP contribution in [0.15, 0.2) is 48.5 Å². The van der Waals surface area contributed by atoms with Gasteiger partial charge in [-0.05, 0) is 63.1 Å². The van der Waals surface area contributed by atoms with E-state index in [-0.39, 0.29) is 36.4 Å². The first-order valence-corrected chi connectivity index (χ1v) is 9.21. The van der Waals surface area contributed by atoms with Crippen LogP contribution in [0.2, 0.25) is 0 Å². The van der Waals surface area contributed by atoms with E-state index in [4.69, 9.17) is 9.47 Å². The normalized spacial score (nSPS) is 12.8. The van der Waals surface area contributed by atoms with Crippen LogP contribution in [0.25, 0.3) is 0 Å². The molecule has 0 unspecified atom stereocenters. The molecule has 152 valence electrons. The van der Waals surface area contributed by atoms with Gasteiger partial charge in [-0.1, -0.05) is 24.3 Å². The van der Waals surface area contributed by atoms with Crippen LogP contribution in [0.1, 0.15) is 44.7 Å². The van der Waals surface area contributed by atoms with Gasteiger partial charge in [-0.3, -0.25) is 10.1 Å². The number of benzene rings is 2. The summed E-state index contributed by atoms with van der Waals surface area (Å²) < 4.78 is 37.7. The van der Waals surface area contributed by atoms with E-state index in [0.29, 0.717) is 0 Å². The smallest absolute Gasteiger partial charge is 0.320 e. The fourth-order valence-corrected chi connectivity index (χ4v) is 2.81. The SMILES string of the molecule is C[C@H](OC(=O)CNCOC(C)(C)C)C(c1ccc(F)cc1)c1ccc(F)cc1. The molecule has 0 saturated heterocycles. The molecule has 2 aromatic rings. The number of hydrogen-bond donors (Lipinski definition) is 1. The zero-order valence-electron chi connectivity index (χ0n) is 16.7. The third-order valence-electron chi connectivity index (χ3n) is 4.12. The maximum absolute atomic E-state index is 13.3. The van der Waals surface area contributed by atoms with Crippen molar-refractivity contribution in [1.29, 1.82) is 0 Å². The topological polar surface area (TPSA) is 47.6 Å². The third-order valence-corrected chi connectivity index (χ3v) is 4.12. The van der Waals surface area contributed by atoms with E-state index in [1.165, 1.54) is 24.3 Å². The van der Waals surface area contributed by atoms with Gasteiger partial charge in [0.05, 0.1) is 18.9 Å². The van der Waals surface area contributed by atoms with Gasteiger partial charge >= 0.3 is 5.97 Å². The van der Waals surface area contributed by atoms with Gasteiger partial charge in [-0.2, -0.15) is 0 Å². The molecule has 0 radical (unpaired) electrons. The van der Waals surface area contributed by atoms with Crippen LogP contribution in [0, 0.1) is 11.6 Å². The van der Waals surface area contributed by atoms with Crippen molar-refractivity contribution in [2.45, 2.75) is 45.3 Å². The van der Waals surface area contributed by atoms with Gasteiger partial charge in [-0.25, -0.2) is 8.78 Å². The molecule has 0 aliphatic rings. The molecule has 0 amide bonds. The fraction of sp³-hybridized carbons (Fsp3) is 0.409. The van der Waals surface area contributed by atoms with Crippen LogP contribution >= 0.6 is 0 Å². The van der Waals surface area contributed by atoms with Crippen molar-refractivity contribution in [3.63, 3.8) is 0 Å². The van der Waals surface area contributed by atoms with Crippen molar-refractivity contribution in [1.82, 2.24) is 5.32 Å². The van der Waals surface area contributed by atoms with Crippen LogP contribution in [0.4, 0.5) is 8.78 Å². The van der Waals surface area contributed by atoms with Crippen molar-refractivity contribution < 1.29 is 23.0 Å². The molecule has 6 heteroatoms. The second-order valence-electron chi connectivity index (χ2n) is 7.60. The van der Waals surface area contributed by atoms with Gasteiger partial charge in [-0.15, -0.1) is 0 Å². The third kappa shape index (κ3) is 7.02. The van der Waals surface area contributed by atoms with Gasteiger partial charge < -0.3 is 9.47 Å². The predicted octanol–water partition coefficient (Wildman–Crippen LogP) is 4.39.